The molecular weight excluding hydrogens is 324 g/mol. The molecule has 6 heteroatoms. The topological polar surface area (TPSA) is 68.5 Å². The van der Waals surface area contributed by atoms with Crippen molar-refractivity contribution in [2.75, 3.05) is 5.32 Å². The lowest BCUT2D eigenvalue weighted by molar-refractivity contribution is 0.701. The largest absolute Gasteiger partial charge is 0.337 e. The Balaban J connectivity index is 1.65. The molecule has 0 amide bonds. The molecule has 0 aliphatic carbocycles. The zero-order valence-electron chi connectivity index (χ0n) is 14.8. The van der Waals surface area contributed by atoms with E-state index >= 15 is 0 Å². The van der Waals surface area contributed by atoms with Crippen molar-refractivity contribution in [3.63, 3.8) is 0 Å². The van der Waals surface area contributed by atoms with E-state index in [0.29, 0.717) is 5.82 Å². The molecule has 0 aliphatic rings. The molecule has 0 fully saturated rings. The van der Waals surface area contributed by atoms with Gasteiger partial charge in [0.05, 0.1) is 22.9 Å². The molecule has 0 saturated heterocycles. The van der Waals surface area contributed by atoms with Gasteiger partial charge in [0.25, 0.3) is 0 Å². The van der Waals surface area contributed by atoms with E-state index in [0.717, 1.165) is 46.9 Å². The summed E-state index contributed by atoms with van der Waals surface area (Å²) in [6.07, 6.45) is 2.81. The van der Waals surface area contributed by atoms with Crippen molar-refractivity contribution >= 4 is 22.5 Å². The molecule has 0 spiro atoms. The van der Waals surface area contributed by atoms with Crippen molar-refractivity contribution in [2.45, 2.75) is 26.8 Å². The Morgan fingerprint density at radius 3 is 2.62 bits per heavy atom. The van der Waals surface area contributed by atoms with Gasteiger partial charge in [0.15, 0.2) is 11.6 Å². The van der Waals surface area contributed by atoms with Crippen LogP contribution in [0.5, 0.6) is 0 Å². The molecule has 3 aromatic heterocycles. The Morgan fingerprint density at radius 2 is 1.88 bits per heavy atom. The van der Waals surface area contributed by atoms with Crippen molar-refractivity contribution < 1.29 is 0 Å². The van der Waals surface area contributed by atoms with Crippen LogP contribution in [-0.2, 0) is 6.54 Å². The van der Waals surface area contributed by atoms with Gasteiger partial charge >= 0.3 is 0 Å². The van der Waals surface area contributed by atoms with Crippen LogP contribution < -0.4 is 5.32 Å². The van der Waals surface area contributed by atoms with Gasteiger partial charge in [0, 0.05) is 12.2 Å². The van der Waals surface area contributed by atoms with Crippen LogP contribution in [0.2, 0.25) is 0 Å². The second kappa shape index (κ2) is 6.92. The maximum Gasteiger partial charge on any atom is 0.161 e. The van der Waals surface area contributed by atoms with E-state index in [-0.39, 0.29) is 0 Å². The average Bonchev–Trinajstić information content (AvgIpc) is 3.03. The van der Waals surface area contributed by atoms with Crippen LogP contribution in [0.1, 0.15) is 19.0 Å². The van der Waals surface area contributed by atoms with Crippen LogP contribution in [0.4, 0.5) is 11.5 Å². The first-order valence-electron chi connectivity index (χ1n) is 8.73. The molecule has 130 valence electrons. The quantitative estimate of drug-likeness (QED) is 0.583. The number of benzene rings is 1. The number of imidazole rings is 1. The van der Waals surface area contributed by atoms with Crippen LogP contribution in [-0.4, -0.2) is 24.7 Å². The summed E-state index contributed by atoms with van der Waals surface area (Å²) in [6, 6.07) is 15.9. The van der Waals surface area contributed by atoms with E-state index in [1.807, 2.05) is 49.4 Å². The van der Waals surface area contributed by atoms with Gasteiger partial charge in [-0.15, -0.1) is 10.2 Å². The first kappa shape index (κ1) is 16.2. The molecule has 3 heterocycles. The Kier molecular flexibility index (Phi) is 4.31. The Labute approximate surface area is 152 Å². The second-order valence-corrected chi connectivity index (χ2v) is 6.19. The van der Waals surface area contributed by atoms with Gasteiger partial charge in [0.2, 0.25) is 0 Å². The predicted molar refractivity (Wildman–Crippen MR) is 103 cm³/mol. The van der Waals surface area contributed by atoms with Gasteiger partial charge in [-0.3, -0.25) is 4.98 Å². The first-order chi connectivity index (χ1) is 12.7. The highest BCUT2D eigenvalue weighted by molar-refractivity contribution is 5.80. The summed E-state index contributed by atoms with van der Waals surface area (Å²) in [5.41, 5.74) is 4.73. The second-order valence-electron chi connectivity index (χ2n) is 6.19. The molecular formula is C20H20N6. The number of hydrogen-bond donors (Lipinski definition) is 1. The first-order valence-corrected chi connectivity index (χ1v) is 8.73. The van der Waals surface area contributed by atoms with Gasteiger partial charge in [0.1, 0.15) is 5.69 Å². The number of para-hydroxylation sites is 2. The molecule has 6 nitrogen and oxygen atoms in total. The SMILES string of the molecule is CCCn1c(-c2ccc(Nc3ccc(C)nc3)nn2)nc2ccccc21. The molecule has 26 heavy (non-hydrogen) atoms. The van der Waals surface area contributed by atoms with Crippen molar-refractivity contribution in [2.24, 2.45) is 0 Å². The zero-order chi connectivity index (χ0) is 17.9. The molecule has 1 N–H and O–H groups in total. The molecule has 0 saturated carbocycles. The van der Waals surface area contributed by atoms with Gasteiger partial charge in [-0.1, -0.05) is 19.1 Å². The van der Waals surface area contributed by atoms with E-state index in [2.05, 4.69) is 38.1 Å². The molecule has 0 bridgehead atoms. The number of aryl methyl sites for hydroxylation is 2. The number of nitrogens with one attached hydrogen (secondary N) is 1. The fraction of sp³-hybridized carbons (Fsp3) is 0.200. The van der Waals surface area contributed by atoms with Crippen LogP contribution in [0.15, 0.2) is 54.7 Å². The Bertz CT molecular complexity index is 1020. The third-order valence-electron chi connectivity index (χ3n) is 4.18. The van der Waals surface area contributed by atoms with Gasteiger partial charge in [-0.2, -0.15) is 0 Å². The number of aromatic nitrogens is 5. The summed E-state index contributed by atoms with van der Waals surface area (Å²) in [5, 5.41) is 11.9. The Hall–Kier alpha value is -3.28. The lowest BCUT2D eigenvalue weighted by atomic mass is 10.3. The fourth-order valence-corrected chi connectivity index (χ4v) is 2.93. The maximum atomic E-state index is 4.75. The third-order valence-corrected chi connectivity index (χ3v) is 4.18. The summed E-state index contributed by atoms with van der Waals surface area (Å²) in [4.78, 5) is 9.03. The fourth-order valence-electron chi connectivity index (χ4n) is 2.93. The van der Waals surface area contributed by atoms with E-state index in [9.17, 15) is 0 Å². The van der Waals surface area contributed by atoms with Gasteiger partial charge < -0.3 is 9.88 Å². The standard InChI is InChI=1S/C20H20N6/c1-3-12-26-18-7-5-4-6-16(18)23-20(26)17-10-11-19(25-24-17)22-15-9-8-14(2)21-13-15/h4-11,13H,3,12H2,1-2H3,(H,22,25). The third kappa shape index (κ3) is 3.13. The summed E-state index contributed by atoms with van der Waals surface area (Å²) >= 11 is 0. The highest BCUT2D eigenvalue weighted by Crippen LogP contribution is 2.24. The van der Waals surface area contributed by atoms with Crippen LogP contribution >= 0.6 is 0 Å². The van der Waals surface area contributed by atoms with E-state index in [4.69, 9.17) is 4.98 Å². The lowest BCUT2D eigenvalue weighted by Gasteiger charge is -2.08. The van der Waals surface area contributed by atoms with Crippen LogP contribution in [0, 0.1) is 6.92 Å². The smallest absolute Gasteiger partial charge is 0.161 e. The van der Waals surface area contributed by atoms with Crippen molar-refractivity contribution in [1.82, 2.24) is 24.7 Å². The van der Waals surface area contributed by atoms with E-state index < -0.39 is 0 Å². The number of anilines is 2. The summed E-state index contributed by atoms with van der Waals surface area (Å²) in [5.74, 6) is 1.53. The number of rotatable bonds is 5. The van der Waals surface area contributed by atoms with Crippen molar-refractivity contribution in [3.8, 4) is 11.5 Å². The van der Waals surface area contributed by atoms with Crippen molar-refractivity contribution in [3.05, 3.63) is 60.4 Å². The summed E-state index contributed by atoms with van der Waals surface area (Å²) in [7, 11) is 0. The number of nitrogens with zero attached hydrogens (tertiary/aromatic N) is 5. The molecule has 0 radical (unpaired) electrons. The summed E-state index contributed by atoms with van der Waals surface area (Å²) < 4.78 is 2.20. The minimum absolute atomic E-state index is 0.678. The minimum atomic E-state index is 0.678. The highest BCUT2D eigenvalue weighted by atomic mass is 15.2. The lowest BCUT2D eigenvalue weighted by Crippen LogP contribution is -2.02. The number of pyridine rings is 1. The number of hydrogen-bond acceptors (Lipinski definition) is 5. The molecule has 4 aromatic rings. The zero-order valence-corrected chi connectivity index (χ0v) is 14.8. The van der Waals surface area contributed by atoms with Crippen molar-refractivity contribution in [1.29, 1.82) is 0 Å². The van der Waals surface area contributed by atoms with Crippen LogP contribution in [0.3, 0.4) is 0 Å². The summed E-state index contributed by atoms with van der Waals surface area (Å²) in [6.45, 7) is 5.01. The average molecular weight is 344 g/mol. The molecule has 4 rings (SSSR count). The molecule has 0 atom stereocenters. The molecule has 1 aromatic carbocycles. The number of fused-ring (bicyclic) bond motifs is 1. The molecule has 0 aliphatic heterocycles. The van der Waals surface area contributed by atoms with Crippen LogP contribution in [0.25, 0.3) is 22.6 Å². The monoisotopic (exact) mass is 344 g/mol. The van der Waals surface area contributed by atoms with E-state index in [1.54, 1.807) is 6.20 Å². The van der Waals surface area contributed by atoms with E-state index in [1.165, 1.54) is 0 Å². The van der Waals surface area contributed by atoms with Gasteiger partial charge in [-0.05, 0) is 49.7 Å². The van der Waals surface area contributed by atoms with Gasteiger partial charge in [-0.25, -0.2) is 4.98 Å². The predicted octanol–water partition coefficient (Wildman–Crippen LogP) is 4.35. The normalized spacial score (nSPS) is 11.0. The minimum Gasteiger partial charge on any atom is -0.337 e. The molecule has 0 unspecified atom stereocenters. The Morgan fingerprint density at radius 1 is 1.00 bits per heavy atom. The maximum absolute atomic E-state index is 4.75. The highest BCUT2D eigenvalue weighted by Gasteiger charge is 2.13.